The van der Waals surface area contributed by atoms with E-state index in [0.717, 1.165) is 23.3 Å². The summed E-state index contributed by atoms with van der Waals surface area (Å²) in [5, 5.41) is 3.84. The van der Waals surface area contributed by atoms with Crippen LogP contribution >= 0.6 is 11.3 Å². The van der Waals surface area contributed by atoms with Gasteiger partial charge in [-0.05, 0) is 53.4 Å². The predicted molar refractivity (Wildman–Crippen MR) is 78.6 cm³/mol. The van der Waals surface area contributed by atoms with Crippen molar-refractivity contribution in [3.63, 3.8) is 0 Å². The van der Waals surface area contributed by atoms with Gasteiger partial charge < -0.3 is 5.73 Å². The maximum atomic E-state index is 13.3. The molecule has 0 aliphatic rings. The Morgan fingerprint density at radius 2 is 1.95 bits per heavy atom. The molecule has 0 spiro atoms. The lowest BCUT2D eigenvalue weighted by Crippen LogP contribution is -2.24. The largest absolute Gasteiger partial charge is 0.396 e. The van der Waals surface area contributed by atoms with Gasteiger partial charge in [0.15, 0.2) is 0 Å². The molecule has 2 aromatic rings. The molecule has 0 unspecified atom stereocenters. The normalized spacial score (nSPS) is 11.8. The van der Waals surface area contributed by atoms with Gasteiger partial charge in [-0.2, -0.15) is 11.3 Å². The van der Waals surface area contributed by atoms with E-state index >= 15 is 0 Å². The summed E-state index contributed by atoms with van der Waals surface area (Å²) in [5.74, 6) is -0.616. The first-order valence-electron chi connectivity index (χ1n) is 5.88. The van der Waals surface area contributed by atoms with Crippen LogP contribution in [0.15, 0.2) is 27.8 Å². The molecule has 4 nitrogen and oxygen atoms in total. The SMILES string of the molecule is Cc1cscc1CNS(=O)(=O)c1cc(N)c(F)cc1C. The van der Waals surface area contributed by atoms with E-state index in [1.807, 2.05) is 17.7 Å². The van der Waals surface area contributed by atoms with Crippen molar-refractivity contribution in [1.29, 1.82) is 0 Å². The first-order valence-corrected chi connectivity index (χ1v) is 8.31. The molecule has 1 heterocycles. The molecule has 0 amide bonds. The minimum absolute atomic E-state index is 0.00397. The summed E-state index contributed by atoms with van der Waals surface area (Å²) in [4.78, 5) is 0.00397. The van der Waals surface area contributed by atoms with Gasteiger partial charge in [0.2, 0.25) is 10.0 Å². The van der Waals surface area contributed by atoms with Crippen LogP contribution < -0.4 is 10.5 Å². The number of nitrogens with one attached hydrogen (secondary N) is 1. The van der Waals surface area contributed by atoms with E-state index in [9.17, 15) is 12.8 Å². The maximum absolute atomic E-state index is 13.3. The van der Waals surface area contributed by atoms with Crippen LogP contribution in [0, 0.1) is 19.7 Å². The van der Waals surface area contributed by atoms with E-state index in [2.05, 4.69) is 4.72 Å². The summed E-state index contributed by atoms with van der Waals surface area (Å²) < 4.78 is 40.3. The molecule has 0 saturated heterocycles. The highest BCUT2D eigenvalue weighted by Crippen LogP contribution is 2.22. The van der Waals surface area contributed by atoms with Gasteiger partial charge in [0.1, 0.15) is 5.82 Å². The third-order valence-corrected chi connectivity index (χ3v) is 5.45. The smallest absolute Gasteiger partial charge is 0.241 e. The van der Waals surface area contributed by atoms with Crippen LogP contribution in [0.4, 0.5) is 10.1 Å². The minimum Gasteiger partial charge on any atom is -0.396 e. The highest BCUT2D eigenvalue weighted by Gasteiger charge is 2.19. The highest BCUT2D eigenvalue weighted by molar-refractivity contribution is 7.89. The van der Waals surface area contributed by atoms with E-state index in [4.69, 9.17) is 5.73 Å². The molecule has 0 aliphatic carbocycles. The quantitative estimate of drug-likeness (QED) is 0.852. The molecule has 20 heavy (non-hydrogen) atoms. The zero-order valence-electron chi connectivity index (χ0n) is 11.1. The maximum Gasteiger partial charge on any atom is 0.241 e. The Kier molecular flexibility index (Phi) is 4.12. The average molecular weight is 314 g/mol. The number of rotatable bonds is 4. The van der Waals surface area contributed by atoms with Crippen LogP contribution in [0.2, 0.25) is 0 Å². The molecule has 3 N–H and O–H groups in total. The Morgan fingerprint density at radius 1 is 1.25 bits per heavy atom. The van der Waals surface area contributed by atoms with Gasteiger partial charge in [-0.25, -0.2) is 17.5 Å². The van der Waals surface area contributed by atoms with Crippen molar-refractivity contribution in [3.8, 4) is 0 Å². The number of anilines is 1. The first kappa shape index (κ1) is 15.0. The molecule has 0 bridgehead atoms. The summed E-state index contributed by atoms with van der Waals surface area (Å²) in [6.45, 7) is 3.66. The Morgan fingerprint density at radius 3 is 2.55 bits per heavy atom. The van der Waals surface area contributed by atoms with Crippen LogP contribution in [-0.4, -0.2) is 8.42 Å². The minimum atomic E-state index is -3.72. The average Bonchev–Trinajstić information content (AvgIpc) is 2.77. The highest BCUT2D eigenvalue weighted by atomic mass is 32.2. The number of aryl methyl sites for hydroxylation is 2. The third-order valence-electron chi connectivity index (χ3n) is 3.00. The Labute approximate surface area is 121 Å². The standard InChI is InChI=1S/C13H15FN2O2S2/c1-8-3-11(14)12(15)4-13(8)20(17,18)16-5-10-7-19-6-9(10)2/h3-4,6-7,16H,5,15H2,1-2H3. The van der Waals surface area contributed by atoms with Crippen LogP contribution in [-0.2, 0) is 16.6 Å². The van der Waals surface area contributed by atoms with Crippen molar-refractivity contribution in [2.45, 2.75) is 25.3 Å². The molecule has 1 aromatic carbocycles. The number of hydrogen-bond donors (Lipinski definition) is 2. The third kappa shape index (κ3) is 3.00. The van der Waals surface area contributed by atoms with Gasteiger partial charge in [-0.15, -0.1) is 0 Å². The topological polar surface area (TPSA) is 72.2 Å². The fourth-order valence-corrected chi connectivity index (χ4v) is 3.90. The molecule has 0 atom stereocenters. The number of hydrogen-bond acceptors (Lipinski definition) is 4. The Bertz CT molecular complexity index is 739. The molecule has 0 radical (unpaired) electrons. The van der Waals surface area contributed by atoms with Gasteiger partial charge in [0.25, 0.3) is 0 Å². The van der Waals surface area contributed by atoms with E-state index in [1.165, 1.54) is 18.3 Å². The molecular formula is C13H15FN2O2S2. The van der Waals surface area contributed by atoms with Crippen LogP contribution in [0.1, 0.15) is 16.7 Å². The second-order valence-electron chi connectivity index (χ2n) is 4.54. The van der Waals surface area contributed by atoms with Crippen LogP contribution in [0.25, 0.3) is 0 Å². The molecule has 7 heteroatoms. The monoisotopic (exact) mass is 314 g/mol. The van der Waals surface area contributed by atoms with Gasteiger partial charge in [0, 0.05) is 6.54 Å². The zero-order valence-corrected chi connectivity index (χ0v) is 12.7. The van der Waals surface area contributed by atoms with Gasteiger partial charge >= 0.3 is 0 Å². The van der Waals surface area contributed by atoms with Crippen molar-refractivity contribution < 1.29 is 12.8 Å². The van der Waals surface area contributed by atoms with Crippen molar-refractivity contribution in [3.05, 3.63) is 45.4 Å². The zero-order chi connectivity index (χ0) is 14.9. The van der Waals surface area contributed by atoms with E-state index in [1.54, 1.807) is 0 Å². The van der Waals surface area contributed by atoms with Crippen molar-refractivity contribution in [2.24, 2.45) is 0 Å². The number of thiophene rings is 1. The van der Waals surface area contributed by atoms with Crippen LogP contribution in [0.5, 0.6) is 0 Å². The fourth-order valence-electron chi connectivity index (χ4n) is 1.78. The number of nitrogens with two attached hydrogens (primary N) is 1. The fraction of sp³-hybridized carbons (Fsp3) is 0.231. The van der Waals surface area contributed by atoms with Crippen molar-refractivity contribution in [1.82, 2.24) is 4.72 Å². The van der Waals surface area contributed by atoms with Gasteiger partial charge in [-0.3, -0.25) is 0 Å². The van der Waals surface area contributed by atoms with Gasteiger partial charge in [-0.1, -0.05) is 0 Å². The molecule has 1 aromatic heterocycles. The summed E-state index contributed by atoms with van der Waals surface area (Å²) in [7, 11) is -3.72. The Balaban J connectivity index is 2.27. The molecule has 0 saturated carbocycles. The van der Waals surface area contributed by atoms with E-state index in [-0.39, 0.29) is 17.1 Å². The predicted octanol–water partition coefficient (Wildman–Crippen LogP) is 2.56. The molecular weight excluding hydrogens is 299 g/mol. The Hall–Kier alpha value is -1.44. The molecule has 2 rings (SSSR count). The first-order chi connectivity index (χ1) is 9.31. The number of nitrogen functional groups attached to an aromatic ring is 1. The second kappa shape index (κ2) is 5.51. The molecule has 0 aliphatic heterocycles. The lowest BCUT2D eigenvalue weighted by atomic mass is 10.2. The molecule has 108 valence electrons. The summed E-state index contributed by atoms with van der Waals surface area (Å²) >= 11 is 1.52. The van der Waals surface area contributed by atoms with E-state index < -0.39 is 15.8 Å². The summed E-state index contributed by atoms with van der Waals surface area (Å²) in [5.41, 5.74) is 7.54. The van der Waals surface area contributed by atoms with Crippen molar-refractivity contribution in [2.75, 3.05) is 5.73 Å². The molecule has 0 fully saturated rings. The summed E-state index contributed by atoms with van der Waals surface area (Å²) in [6.07, 6.45) is 0. The van der Waals surface area contributed by atoms with Gasteiger partial charge in [0.05, 0.1) is 10.6 Å². The lowest BCUT2D eigenvalue weighted by Gasteiger charge is -2.10. The van der Waals surface area contributed by atoms with Crippen LogP contribution in [0.3, 0.4) is 0 Å². The van der Waals surface area contributed by atoms with Crippen molar-refractivity contribution >= 4 is 27.0 Å². The van der Waals surface area contributed by atoms with E-state index in [0.29, 0.717) is 5.56 Å². The number of sulfonamides is 1. The number of halogens is 1. The second-order valence-corrected chi connectivity index (χ2v) is 7.02. The lowest BCUT2D eigenvalue weighted by molar-refractivity contribution is 0.579. The number of benzene rings is 1. The summed E-state index contributed by atoms with van der Waals surface area (Å²) in [6, 6.07) is 2.27.